The van der Waals surface area contributed by atoms with Gasteiger partial charge in [-0.05, 0) is 20.0 Å². The monoisotopic (exact) mass is 271 g/mol. The van der Waals surface area contributed by atoms with E-state index < -0.39 is 12.1 Å². The molecule has 1 rings (SSSR count). The predicted octanol–water partition coefficient (Wildman–Crippen LogP) is 0.0624. The summed E-state index contributed by atoms with van der Waals surface area (Å²) in [4.78, 5) is 29.5. The van der Waals surface area contributed by atoms with Gasteiger partial charge in [0.25, 0.3) is 5.91 Å². The largest absolute Gasteiger partial charge is 0.477 e. The fourth-order valence-corrected chi connectivity index (χ4v) is 1.89. The number of carboxylic acid groups (broad SMARTS) is 1. The van der Waals surface area contributed by atoms with Crippen molar-refractivity contribution in [1.82, 2.24) is 10.2 Å². The number of nitrogens with one attached hydrogen (secondary N) is 1. The number of oxime groups is 1. The first-order valence-electron chi connectivity index (χ1n) is 6.46. The Balaban J connectivity index is 2.38. The van der Waals surface area contributed by atoms with Crippen LogP contribution in [-0.4, -0.2) is 59.4 Å². The summed E-state index contributed by atoms with van der Waals surface area (Å²) < 4.78 is 0. The van der Waals surface area contributed by atoms with Crippen molar-refractivity contribution in [2.45, 2.75) is 39.3 Å². The summed E-state index contributed by atoms with van der Waals surface area (Å²) in [5.41, 5.74) is -0.114. The van der Waals surface area contributed by atoms with Gasteiger partial charge in [0.15, 0.2) is 5.71 Å². The molecular formula is C12H21N3O4. The summed E-state index contributed by atoms with van der Waals surface area (Å²) in [6.07, 6.45) is -0.815. The molecule has 2 N–H and O–H groups in total. The number of rotatable bonds is 7. The molecule has 1 amide bonds. The number of carboxylic acids is 1. The van der Waals surface area contributed by atoms with Gasteiger partial charge in [-0.2, -0.15) is 0 Å². The first-order valence-corrected chi connectivity index (χ1v) is 6.46. The minimum atomic E-state index is -1.15. The molecule has 0 saturated carbocycles. The number of carbonyl (C=O) groups is 2. The maximum absolute atomic E-state index is 11.9. The zero-order valence-electron chi connectivity index (χ0n) is 11.5. The Bertz CT molecular complexity index is 366. The summed E-state index contributed by atoms with van der Waals surface area (Å²) in [5, 5.41) is 14.9. The quantitative estimate of drug-likeness (QED) is 0.683. The van der Waals surface area contributed by atoms with Crippen LogP contribution in [0.15, 0.2) is 5.16 Å². The van der Waals surface area contributed by atoms with Crippen LogP contribution < -0.4 is 5.32 Å². The maximum atomic E-state index is 11.9. The van der Waals surface area contributed by atoms with Gasteiger partial charge in [-0.25, -0.2) is 4.79 Å². The van der Waals surface area contributed by atoms with Crippen molar-refractivity contribution in [1.29, 1.82) is 0 Å². The van der Waals surface area contributed by atoms with Gasteiger partial charge in [0.05, 0.1) is 0 Å². The molecule has 0 bridgehead atoms. The van der Waals surface area contributed by atoms with Gasteiger partial charge in [0.1, 0.15) is 0 Å². The molecule has 0 aromatic carbocycles. The maximum Gasteiger partial charge on any atom is 0.353 e. The van der Waals surface area contributed by atoms with Gasteiger partial charge in [-0.1, -0.05) is 19.0 Å². The molecular weight excluding hydrogens is 250 g/mol. The number of likely N-dealkylation sites (N-methyl/N-ethyl adjacent to an activating group) is 1. The van der Waals surface area contributed by atoms with Gasteiger partial charge < -0.3 is 20.2 Å². The molecule has 0 aromatic heterocycles. The normalized spacial score (nSPS) is 19.8. The van der Waals surface area contributed by atoms with Crippen LogP contribution in [0.3, 0.4) is 0 Å². The lowest BCUT2D eigenvalue weighted by Crippen LogP contribution is -2.45. The highest BCUT2D eigenvalue weighted by molar-refractivity contribution is 6.36. The highest BCUT2D eigenvalue weighted by Crippen LogP contribution is 2.11. The highest BCUT2D eigenvalue weighted by Gasteiger charge is 2.32. The van der Waals surface area contributed by atoms with Crippen LogP contribution in [0.4, 0.5) is 0 Å². The number of aliphatic carboxylic acids is 1. The first kappa shape index (κ1) is 15.4. The first-order chi connectivity index (χ1) is 8.97. The molecule has 0 fully saturated rings. The van der Waals surface area contributed by atoms with Crippen LogP contribution in [0.5, 0.6) is 0 Å². The molecule has 7 nitrogen and oxygen atoms in total. The average molecular weight is 271 g/mol. The zero-order valence-corrected chi connectivity index (χ0v) is 11.5. The SMILES string of the molecule is CCN(CC)CC(C)NC(=O)C1CC(C(=O)O)=NO1. The van der Waals surface area contributed by atoms with Crippen molar-refractivity contribution in [3.8, 4) is 0 Å². The van der Waals surface area contributed by atoms with Gasteiger partial charge >= 0.3 is 5.97 Å². The molecule has 0 spiro atoms. The molecule has 19 heavy (non-hydrogen) atoms. The molecule has 0 radical (unpaired) electrons. The fourth-order valence-electron chi connectivity index (χ4n) is 1.89. The Labute approximate surface area is 112 Å². The van der Waals surface area contributed by atoms with Gasteiger partial charge in [-0.15, -0.1) is 0 Å². The molecule has 108 valence electrons. The third-order valence-electron chi connectivity index (χ3n) is 3.02. The second-order valence-electron chi connectivity index (χ2n) is 4.54. The van der Waals surface area contributed by atoms with Crippen molar-refractivity contribution in [3.63, 3.8) is 0 Å². The lowest BCUT2D eigenvalue weighted by atomic mass is 10.1. The van der Waals surface area contributed by atoms with Crippen molar-refractivity contribution < 1.29 is 19.5 Å². The highest BCUT2D eigenvalue weighted by atomic mass is 16.6. The lowest BCUT2D eigenvalue weighted by molar-refractivity contribution is -0.132. The fraction of sp³-hybridized carbons (Fsp3) is 0.750. The Hall–Kier alpha value is -1.63. The van der Waals surface area contributed by atoms with Crippen LogP contribution in [0, 0.1) is 0 Å². The van der Waals surface area contributed by atoms with Crippen molar-refractivity contribution >= 4 is 17.6 Å². The summed E-state index contributed by atoms with van der Waals surface area (Å²) in [6, 6.07) is -0.0233. The topological polar surface area (TPSA) is 91.2 Å². The zero-order chi connectivity index (χ0) is 14.4. The van der Waals surface area contributed by atoms with Crippen LogP contribution in [0.25, 0.3) is 0 Å². The van der Waals surface area contributed by atoms with E-state index in [2.05, 4.69) is 29.2 Å². The van der Waals surface area contributed by atoms with Crippen LogP contribution >= 0.6 is 0 Å². The molecule has 2 unspecified atom stereocenters. The molecule has 0 aromatic rings. The Morgan fingerprint density at radius 1 is 1.53 bits per heavy atom. The van der Waals surface area contributed by atoms with Gasteiger partial charge in [0.2, 0.25) is 6.10 Å². The Morgan fingerprint density at radius 2 is 2.16 bits per heavy atom. The molecule has 1 heterocycles. The van der Waals surface area contributed by atoms with E-state index in [1.165, 1.54) is 0 Å². The minimum absolute atomic E-state index is 0.0131. The number of nitrogens with zero attached hydrogens (tertiary/aromatic N) is 2. The Morgan fingerprint density at radius 3 is 2.63 bits per heavy atom. The van der Waals surface area contributed by atoms with E-state index in [1.807, 2.05) is 6.92 Å². The van der Waals surface area contributed by atoms with Crippen LogP contribution in [0.1, 0.15) is 27.2 Å². The van der Waals surface area contributed by atoms with E-state index in [4.69, 9.17) is 9.94 Å². The van der Waals surface area contributed by atoms with E-state index in [0.29, 0.717) is 0 Å². The summed E-state index contributed by atoms with van der Waals surface area (Å²) in [7, 11) is 0. The van der Waals surface area contributed by atoms with Gasteiger partial charge in [0, 0.05) is 19.0 Å². The average Bonchev–Trinajstić information content (AvgIpc) is 2.85. The van der Waals surface area contributed by atoms with E-state index >= 15 is 0 Å². The Kier molecular flexibility index (Phi) is 5.75. The molecule has 1 aliphatic rings. The second-order valence-corrected chi connectivity index (χ2v) is 4.54. The second kappa shape index (κ2) is 7.08. The minimum Gasteiger partial charge on any atom is -0.477 e. The van der Waals surface area contributed by atoms with Crippen molar-refractivity contribution in [2.24, 2.45) is 5.16 Å². The summed E-state index contributed by atoms with van der Waals surface area (Å²) >= 11 is 0. The summed E-state index contributed by atoms with van der Waals surface area (Å²) in [6.45, 7) is 8.62. The molecule has 0 saturated heterocycles. The van der Waals surface area contributed by atoms with Crippen molar-refractivity contribution in [3.05, 3.63) is 0 Å². The number of carbonyl (C=O) groups excluding carboxylic acids is 1. The number of hydrogen-bond acceptors (Lipinski definition) is 5. The standard InChI is InChI=1S/C12H21N3O4/c1-4-15(5-2)7-8(3)13-11(16)10-6-9(12(17)18)14-19-10/h8,10H,4-7H2,1-3H3,(H,13,16)(H,17,18). The van der Waals surface area contributed by atoms with E-state index in [-0.39, 0.29) is 24.1 Å². The number of hydrogen-bond donors (Lipinski definition) is 2. The summed E-state index contributed by atoms with van der Waals surface area (Å²) in [5.74, 6) is -1.47. The molecule has 2 atom stereocenters. The number of amides is 1. The van der Waals surface area contributed by atoms with Crippen LogP contribution in [0.2, 0.25) is 0 Å². The lowest BCUT2D eigenvalue weighted by Gasteiger charge is -2.24. The molecule has 0 aliphatic carbocycles. The third-order valence-corrected chi connectivity index (χ3v) is 3.02. The molecule has 7 heteroatoms. The van der Waals surface area contributed by atoms with E-state index in [0.717, 1.165) is 19.6 Å². The molecule has 1 aliphatic heterocycles. The third kappa shape index (κ3) is 4.51. The van der Waals surface area contributed by atoms with E-state index in [1.54, 1.807) is 0 Å². The van der Waals surface area contributed by atoms with E-state index in [9.17, 15) is 9.59 Å². The van der Waals surface area contributed by atoms with Gasteiger partial charge in [-0.3, -0.25) is 4.79 Å². The van der Waals surface area contributed by atoms with Crippen molar-refractivity contribution in [2.75, 3.05) is 19.6 Å². The smallest absolute Gasteiger partial charge is 0.353 e. The van der Waals surface area contributed by atoms with Crippen LogP contribution in [-0.2, 0) is 14.4 Å². The predicted molar refractivity (Wildman–Crippen MR) is 70.0 cm³/mol.